The van der Waals surface area contributed by atoms with Gasteiger partial charge in [0, 0.05) is 24.5 Å². The predicted octanol–water partition coefficient (Wildman–Crippen LogP) is 2.99. The molecule has 0 unspecified atom stereocenters. The van der Waals surface area contributed by atoms with Crippen molar-refractivity contribution in [2.24, 2.45) is 5.41 Å². The van der Waals surface area contributed by atoms with Crippen LogP contribution in [-0.2, 0) is 6.54 Å². The number of hydrogen-bond donors (Lipinski definition) is 2. The molecule has 0 aromatic carbocycles. The Labute approximate surface area is 110 Å². The zero-order chi connectivity index (χ0) is 11.4. The van der Waals surface area contributed by atoms with E-state index in [1.807, 2.05) is 11.3 Å². The van der Waals surface area contributed by atoms with Crippen LogP contribution in [0.25, 0.3) is 0 Å². The van der Waals surface area contributed by atoms with Crippen LogP contribution in [0.15, 0.2) is 15.9 Å². The molecule has 1 saturated carbocycles. The molecular weight excluding hydrogens is 284 g/mol. The number of nitrogens with one attached hydrogen (secondary N) is 2. The van der Waals surface area contributed by atoms with Crippen molar-refractivity contribution in [1.29, 1.82) is 0 Å². The van der Waals surface area contributed by atoms with E-state index in [2.05, 4.69) is 45.7 Å². The van der Waals surface area contributed by atoms with Crippen LogP contribution in [0.1, 0.15) is 24.1 Å². The fourth-order valence-corrected chi connectivity index (χ4v) is 3.82. The highest BCUT2D eigenvalue weighted by atomic mass is 79.9. The van der Waals surface area contributed by atoms with Gasteiger partial charge in [-0.25, -0.2) is 0 Å². The Kier molecular flexibility index (Phi) is 4.41. The van der Waals surface area contributed by atoms with Crippen molar-refractivity contribution >= 4 is 27.3 Å². The molecule has 1 aliphatic rings. The van der Waals surface area contributed by atoms with Crippen molar-refractivity contribution in [3.63, 3.8) is 0 Å². The maximum Gasteiger partial charge on any atom is 0.0701 e. The fraction of sp³-hybridized carbons (Fsp3) is 0.667. The lowest BCUT2D eigenvalue weighted by Crippen LogP contribution is -2.46. The molecule has 0 radical (unpaired) electrons. The van der Waals surface area contributed by atoms with E-state index < -0.39 is 0 Å². The third-order valence-electron chi connectivity index (χ3n) is 3.39. The van der Waals surface area contributed by atoms with Gasteiger partial charge in [-0.3, -0.25) is 0 Å². The Hall–Kier alpha value is 0.1000. The zero-order valence-electron chi connectivity index (χ0n) is 9.68. The first-order valence-corrected chi connectivity index (χ1v) is 7.45. The first-order chi connectivity index (χ1) is 7.74. The van der Waals surface area contributed by atoms with Gasteiger partial charge in [0.05, 0.1) is 3.79 Å². The fourth-order valence-electron chi connectivity index (χ4n) is 2.37. The van der Waals surface area contributed by atoms with E-state index in [1.165, 1.54) is 27.9 Å². The van der Waals surface area contributed by atoms with Crippen LogP contribution in [0, 0.1) is 5.41 Å². The molecule has 1 aliphatic carbocycles. The summed E-state index contributed by atoms with van der Waals surface area (Å²) in [5.41, 5.74) is 0.531. The summed E-state index contributed by atoms with van der Waals surface area (Å²) in [5.74, 6) is 0. The van der Waals surface area contributed by atoms with Crippen LogP contribution in [-0.4, -0.2) is 20.1 Å². The van der Waals surface area contributed by atoms with Gasteiger partial charge >= 0.3 is 0 Å². The third-order valence-corrected chi connectivity index (χ3v) is 5.02. The summed E-state index contributed by atoms with van der Waals surface area (Å²) in [6, 6.07) is 4.31. The van der Waals surface area contributed by atoms with Gasteiger partial charge in [0.2, 0.25) is 0 Å². The molecule has 0 spiro atoms. The lowest BCUT2D eigenvalue weighted by Gasteiger charge is -2.42. The normalized spacial score (nSPS) is 18.4. The number of halogens is 1. The molecule has 2 rings (SSSR count). The second kappa shape index (κ2) is 5.63. The minimum Gasteiger partial charge on any atom is -0.319 e. The average molecular weight is 303 g/mol. The molecule has 2 N–H and O–H groups in total. The summed E-state index contributed by atoms with van der Waals surface area (Å²) in [4.78, 5) is 1.41. The summed E-state index contributed by atoms with van der Waals surface area (Å²) >= 11 is 5.31. The van der Waals surface area contributed by atoms with Crippen molar-refractivity contribution in [3.8, 4) is 0 Å². The molecule has 0 amide bonds. The van der Waals surface area contributed by atoms with E-state index in [4.69, 9.17) is 0 Å². The zero-order valence-corrected chi connectivity index (χ0v) is 12.1. The largest absolute Gasteiger partial charge is 0.319 e. The Morgan fingerprint density at radius 3 is 2.69 bits per heavy atom. The molecule has 1 heterocycles. The predicted molar refractivity (Wildman–Crippen MR) is 73.9 cm³/mol. The van der Waals surface area contributed by atoms with Gasteiger partial charge in [-0.15, -0.1) is 11.3 Å². The molecule has 0 aliphatic heterocycles. The van der Waals surface area contributed by atoms with Gasteiger partial charge in [0.25, 0.3) is 0 Å². The molecule has 0 atom stereocenters. The molecule has 1 aromatic rings. The summed E-state index contributed by atoms with van der Waals surface area (Å²) in [7, 11) is 2.05. The molecule has 2 nitrogen and oxygen atoms in total. The van der Waals surface area contributed by atoms with Gasteiger partial charge < -0.3 is 10.6 Å². The van der Waals surface area contributed by atoms with Gasteiger partial charge in [-0.2, -0.15) is 0 Å². The first kappa shape index (κ1) is 12.6. The van der Waals surface area contributed by atoms with Gasteiger partial charge in [0.15, 0.2) is 0 Å². The Morgan fingerprint density at radius 2 is 2.19 bits per heavy atom. The summed E-state index contributed by atoms with van der Waals surface area (Å²) < 4.78 is 1.22. The smallest absolute Gasteiger partial charge is 0.0701 e. The summed E-state index contributed by atoms with van der Waals surface area (Å²) in [6.45, 7) is 3.29. The summed E-state index contributed by atoms with van der Waals surface area (Å²) in [5, 5.41) is 6.91. The molecule has 0 bridgehead atoms. The Morgan fingerprint density at radius 1 is 1.38 bits per heavy atom. The van der Waals surface area contributed by atoms with E-state index in [0.29, 0.717) is 5.41 Å². The lowest BCUT2D eigenvalue weighted by molar-refractivity contribution is 0.130. The highest BCUT2D eigenvalue weighted by molar-refractivity contribution is 9.11. The van der Waals surface area contributed by atoms with Crippen molar-refractivity contribution in [1.82, 2.24) is 10.6 Å². The molecule has 16 heavy (non-hydrogen) atoms. The number of hydrogen-bond acceptors (Lipinski definition) is 3. The lowest BCUT2D eigenvalue weighted by atomic mass is 9.68. The second-order valence-electron chi connectivity index (χ2n) is 4.69. The third kappa shape index (κ3) is 3.06. The van der Waals surface area contributed by atoms with Crippen LogP contribution in [0.3, 0.4) is 0 Å². The van der Waals surface area contributed by atoms with Crippen LogP contribution in [0.2, 0.25) is 0 Å². The van der Waals surface area contributed by atoms with Crippen LogP contribution in [0.5, 0.6) is 0 Å². The molecular formula is C12H19BrN2S. The van der Waals surface area contributed by atoms with Crippen molar-refractivity contribution in [2.45, 2.75) is 25.8 Å². The van der Waals surface area contributed by atoms with Crippen LogP contribution in [0.4, 0.5) is 0 Å². The summed E-state index contributed by atoms with van der Waals surface area (Å²) in [6.07, 6.45) is 4.14. The minimum atomic E-state index is 0.531. The van der Waals surface area contributed by atoms with E-state index in [1.54, 1.807) is 0 Å². The van der Waals surface area contributed by atoms with E-state index >= 15 is 0 Å². The number of rotatable bonds is 6. The van der Waals surface area contributed by atoms with E-state index in [-0.39, 0.29) is 0 Å². The van der Waals surface area contributed by atoms with Gasteiger partial charge in [-0.05, 0) is 53.4 Å². The Bertz CT molecular complexity index is 334. The van der Waals surface area contributed by atoms with Crippen molar-refractivity contribution in [2.75, 3.05) is 20.1 Å². The highest BCUT2D eigenvalue weighted by Gasteiger charge is 2.35. The molecule has 4 heteroatoms. The van der Waals surface area contributed by atoms with Crippen molar-refractivity contribution < 1.29 is 0 Å². The highest BCUT2D eigenvalue weighted by Crippen LogP contribution is 2.39. The quantitative estimate of drug-likeness (QED) is 0.844. The van der Waals surface area contributed by atoms with Gasteiger partial charge in [0.1, 0.15) is 0 Å². The van der Waals surface area contributed by atoms with Gasteiger partial charge in [-0.1, -0.05) is 6.42 Å². The minimum absolute atomic E-state index is 0.531. The maximum atomic E-state index is 3.59. The van der Waals surface area contributed by atoms with E-state index in [0.717, 1.165) is 19.6 Å². The van der Waals surface area contributed by atoms with Crippen molar-refractivity contribution in [3.05, 3.63) is 20.8 Å². The monoisotopic (exact) mass is 302 g/mol. The maximum absolute atomic E-state index is 3.59. The number of thiophene rings is 1. The molecule has 90 valence electrons. The second-order valence-corrected chi connectivity index (χ2v) is 7.24. The first-order valence-electron chi connectivity index (χ1n) is 5.84. The van der Waals surface area contributed by atoms with Crippen LogP contribution >= 0.6 is 27.3 Å². The average Bonchev–Trinajstić information content (AvgIpc) is 2.60. The van der Waals surface area contributed by atoms with Crippen LogP contribution < -0.4 is 10.6 Å². The molecule has 0 saturated heterocycles. The topological polar surface area (TPSA) is 24.1 Å². The molecule has 1 aromatic heterocycles. The standard InChI is InChI=1S/C12H19BrN2S/c1-14-8-12(5-2-6-12)9-15-7-10-3-4-11(13)16-10/h3-4,14-15H,2,5-9H2,1H3. The van der Waals surface area contributed by atoms with E-state index in [9.17, 15) is 0 Å². The SMILES string of the molecule is CNCC1(CNCc2ccc(Br)s2)CCC1. The molecule has 1 fully saturated rings. The Balaban J connectivity index is 1.74.